The summed E-state index contributed by atoms with van der Waals surface area (Å²) in [6.45, 7) is 1.71. The topological polar surface area (TPSA) is 51.8 Å². The molecule has 0 aliphatic rings. The standard InChI is InChI=1S/C11H9FIN3/c1-6-2-3-7(4-8(6)12)11-15-5-9(13)10(14)16-11/h2-5H,1H3,(H2,14,15,16). The maximum absolute atomic E-state index is 13.4. The maximum Gasteiger partial charge on any atom is 0.161 e. The summed E-state index contributed by atoms with van der Waals surface area (Å²) in [7, 11) is 0. The van der Waals surface area contributed by atoms with E-state index in [1.54, 1.807) is 25.3 Å². The normalized spacial score (nSPS) is 10.4. The van der Waals surface area contributed by atoms with Gasteiger partial charge in [0.2, 0.25) is 0 Å². The van der Waals surface area contributed by atoms with Crippen LogP contribution in [0.4, 0.5) is 10.2 Å². The van der Waals surface area contributed by atoms with Crippen molar-refractivity contribution in [3.05, 3.63) is 39.3 Å². The highest BCUT2D eigenvalue weighted by Gasteiger charge is 2.06. The van der Waals surface area contributed by atoms with Crippen molar-refractivity contribution in [3.8, 4) is 11.4 Å². The minimum atomic E-state index is -0.266. The summed E-state index contributed by atoms with van der Waals surface area (Å²) in [6.07, 6.45) is 1.62. The molecule has 1 aromatic heterocycles. The molecule has 1 heterocycles. The molecule has 0 saturated heterocycles. The molecular formula is C11H9FIN3. The van der Waals surface area contributed by atoms with Gasteiger partial charge >= 0.3 is 0 Å². The Balaban J connectivity index is 2.50. The van der Waals surface area contributed by atoms with Crippen LogP contribution in [0, 0.1) is 16.3 Å². The Labute approximate surface area is 106 Å². The molecular weight excluding hydrogens is 320 g/mol. The third-order valence-corrected chi connectivity index (χ3v) is 3.03. The van der Waals surface area contributed by atoms with Crippen LogP contribution in [-0.2, 0) is 0 Å². The first-order valence-corrected chi connectivity index (χ1v) is 5.70. The van der Waals surface area contributed by atoms with Crippen molar-refractivity contribution in [2.75, 3.05) is 5.73 Å². The zero-order valence-electron chi connectivity index (χ0n) is 8.54. The van der Waals surface area contributed by atoms with Gasteiger partial charge in [-0.25, -0.2) is 14.4 Å². The number of rotatable bonds is 1. The average molecular weight is 329 g/mol. The lowest BCUT2D eigenvalue weighted by Gasteiger charge is -2.03. The Morgan fingerprint density at radius 1 is 1.38 bits per heavy atom. The highest BCUT2D eigenvalue weighted by atomic mass is 127. The quantitative estimate of drug-likeness (QED) is 0.819. The van der Waals surface area contributed by atoms with E-state index in [1.807, 2.05) is 22.6 Å². The van der Waals surface area contributed by atoms with Crippen molar-refractivity contribution in [3.63, 3.8) is 0 Å². The number of hydrogen-bond acceptors (Lipinski definition) is 3. The van der Waals surface area contributed by atoms with Gasteiger partial charge in [0.25, 0.3) is 0 Å². The number of halogens is 2. The van der Waals surface area contributed by atoms with E-state index >= 15 is 0 Å². The molecule has 0 atom stereocenters. The summed E-state index contributed by atoms with van der Waals surface area (Å²) >= 11 is 2.05. The fraction of sp³-hybridized carbons (Fsp3) is 0.0909. The lowest BCUT2D eigenvalue weighted by molar-refractivity contribution is 0.619. The minimum Gasteiger partial charge on any atom is -0.383 e. The Kier molecular flexibility index (Phi) is 3.04. The van der Waals surface area contributed by atoms with Gasteiger partial charge in [-0.15, -0.1) is 0 Å². The monoisotopic (exact) mass is 329 g/mol. The van der Waals surface area contributed by atoms with E-state index in [4.69, 9.17) is 5.73 Å². The van der Waals surface area contributed by atoms with Crippen molar-refractivity contribution in [1.29, 1.82) is 0 Å². The Morgan fingerprint density at radius 3 is 2.75 bits per heavy atom. The molecule has 0 radical (unpaired) electrons. The third kappa shape index (κ3) is 2.13. The first-order chi connectivity index (χ1) is 7.58. The molecule has 2 N–H and O–H groups in total. The molecule has 0 fully saturated rings. The largest absolute Gasteiger partial charge is 0.383 e. The van der Waals surface area contributed by atoms with Crippen LogP contribution in [0.5, 0.6) is 0 Å². The highest BCUT2D eigenvalue weighted by Crippen LogP contribution is 2.20. The second-order valence-corrected chi connectivity index (χ2v) is 4.55. The summed E-state index contributed by atoms with van der Waals surface area (Å²) in [6, 6.07) is 4.89. The molecule has 2 rings (SSSR count). The van der Waals surface area contributed by atoms with E-state index in [0.717, 1.165) is 3.57 Å². The van der Waals surface area contributed by atoms with Gasteiger partial charge in [-0.3, -0.25) is 0 Å². The zero-order valence-corrected chi connectivity index (χ0v) is 10.7. The van der Waals surface area contributed by atoms with E-state index in [9.17, 15) is 4.39 Å². The molecule has 16 heavy (non-hydrogen) atoms. The summed E-state index contributed by atoms with van der Waals surface area (Å²) in [5.74, 6) is 0.585. The molecule has 0 bridgehead atoms. The van der Waals surface area contributed by atoms with E-state index in [1.165, 1.54) is 6.07 Å². The van der Waals surface area contributed by atoms with Crippen LogP contribution in [-0.4, -0.2) is 9.97 Å². The Bertz CT molecular complexity index is 493. The molecule has 0 spiro atoms. The molecule has 0 amide bonds. The minimum absolute atomic E-state index is 0.266. The summed E-state index contributed by atoms with van der Waals surface area (Å²) in [5.41, 5.74) is 6.90. The van der Waals surface area contributed by atoms with Gasteiger partial charge in [0, 0.05) is 11.8 Å². The van der Waals surface area contributed by atoms with Gasteiger partial charge < -0.3 is 5.73 Å². The first kappa shape index (κ1) is 11.3. The molecule has 3 nitrogen and oxygen atoms in total. The van der Waals surface area contributed by atoms with E-state index < -0.39 is 0 Å². The smallest absolute Gasteiger partial charge is 0.161 e. The van der Waals surface area contributed by atoms with Gasteiger partial charge in [0.05, 0.1) is 3.57 Å². The van der Waals surface area contributed by atoms with E-state index in [2.05, 4.69) is 9.97 Å². The summed E-state index contributed by atoms with van der Waals surface area (Å²) in [5, 5.41) is 0. The van der Waals surface area contributed by atoms with Gasteiger partial charge in [0.15, 0.2) is 5.82 Å². The van der Waals surface area contributed by atoms with Gasteiger partial charge in [0.1, 0.15) is 11.6 Å². The zero-order chi connectivity index (χ0) is 11.7. The van der Waals surface area contributed by atoms with Crippen LogP contribution in [0.3, 0.4) is 0 Å². The van der Waals surface area contributed by atoms with Gasteiger partial charge in [-0.2, -0.15) is 0 Å². The Morgan fingerprint density at radius 2 is 2.12 bits per heavy atom. The van der Waals surface area contributed by atoms with Crippen molar-refractivity contribution in [1.82, 2.24) is 9.97 Å². The maximum atomic E-state index is 13.4. The van der Waals surface area contributed by atoms with E-state index in [-0.39, 0.29) is 5.82 Å². The molecule has 0 aliphatic heterocycles. The molecule has 2 aromatic rings. The van der Waals surface area contributed by atoms with Crippen molar-refractivity contribution in [2.45, 2.75) is 6.92 Å². The number of nitrogens with zero attached hydrogens (tertiary/aromatic N) is 2. The highest BCUT2D eigenvalue weighted by molar-refractivity contribution is 14.1. The number of nitrogen functional groups attached to an aromatic ring is 1. The average Bonchev–Trinajstić information content (AvgIpc) is 2.26. The number of benzene rings is 1. The first-order valence-electron chi connectivity index (χ1n) is 4.62. The molecule has 0 unspecified atom stereocenters. The van der Waals surface area contributed by atoms with E-state index in [0.29, 0.717) is 22.8 Å². The van der Waals surface area contributed by atoms with Crippen LogP contribution >= 0.6 is 22.6 Å². The SMILES string of the molecule is Cc1ccc(-c2ncc(I)c(N)n2)cc1F. The van der Waals surface area contributed by atoms with Crippen LogP contribution < -0.4 is 5.73 Å². The second kappa shape index (κ2) is 4.32. The number of hydrogen-bond donors (Lipinski definition) is 1. The number of aromatic nitrogens is 2. The van der Waals surface area contributed by atoms with Crippen molar-refractivity contribution in [2.24, 2.45) is 0 Å². The van der Waals surface area contributed by atoms with Crippen molar-refractivity contribution >= 4 is 28.4 Å². The second-order valence-electron chi connectivity index (χ2n) is 3.39. The van der Waals surface area contributed by atoms with Gasteiger partial charge in [-0.1, -0.05) is 12.1 Å². The fourth-order valence-electron chi connectivity index (χ4n) is 1.25. The van der Waals surface area contributed by atoms with Crippen LogP contribution in [0.2, 0.25) is 0 Å². The molecule has 0 saturated carbocycles. The fourth-order valence-corrected chi connectivity index (χ4v) is 1.51. The predicted octanol–water partition coefficient (Wildman–Crippen LogP) is 2.78. The lowest BCUT2D eigenvalue weighted by Crippen LogP contribution is -1.98. The van der Waals surface area contributed by atoms with Gasteiger partial charge in [-0.05, 0) is 41.1 Å². The van der Waals surface area contributed by atoms with Crippen LogP contribution in [0.25, 0.3) is 11.4 Å². The number of anilines is 1. The molecule has 5 heteroatoms. The lowest BCUT2D eigenvalue weighted by atomic mass is 10.1. The predicted molar refractivity (Wildman–Crippen MR) is 69.3 cm³/mol. The Hall–Kier alpha value is -1.24. The number of nitrogens with two attached hydrogens (primary N) is 1. The molecule has 1 aromatic carbocycles. The summed E-state index contributed by atoms with van der Waals surface area (Å²) in [4.78, 5) is 8.22. The number of aryl methyl sites for hydroxylation is 1. The third-order valence-electron chi connectivity index (χ3n) is 2.20. The van der Waals surface area contributed by atoms with Crippen LogP contribution in [0.1, 0.15) is 5.56 Å². The molecule has 82 valence electrons. The molecule has 0 aliphatic carbocycles. The van der Waals surface area contributed by atoms with Crippen molar-refractivity contribution < 1.29 is 4.39 Å². The summed E-state index contributed by atoms with van der Waals surface area (Å²) < 4.78 is 14.1. The van der Waals surface area contributed by atoms with Crippen LogP contribution in [0.15, 0.2) is 24.4 Å².